The molecule has 0 spiro atoms. The number of nitrogens with one attached hydrogen (secondary N) is 1. The number of carboxylic acid groups (broad SMARTS) is 1. The highest BCUT2D eigenvalue weighted by Gasteiger charge is 2.24. The highest BCUT2D eigenvalue weighted by molar-refractivity contribution is 7.89. The minimum atomic E-state index is -3.89. The molecule has 20 heavy (non-hydrogen) atoms. The summed E-state index contributed by atoms with van der Waals surface area (Å²) in [6.45, 7) is 3.00. The van der Waals surface area contributed by atoms with Crippen LogP contribution in [0.15, 0.2) is 26.0 Å². The maximum atomic E-state index is 12.0. The van der Waals surface area contributed by atoms with E-state index in [1.807, 2.05) is 0 Å². The molecule has 0 unspecified atom stereocenters. The number of aromatic nitrogens is 1. The second-order valence-corrected chi connectivity index (χ2v) is 5.83. The fourth-order valence-electron chi connectivity index (χ4n) is 1.58. The second kappa shape index (κ2) is 5.10. The molecule has 108 valence electrons. The third-order valence-electron chi connectivity index (χ3n) is 2.49. The van der Waals surface area contributed by atoms with E-state index in [4.69, 9.17) is 14.0 Å². The molecule has 0 bridgehead atoms. The van der Waals surface area contributed by atoms with E-state index in [0.29, 0.717) is 11.5 Å². The molecule has 0 aliphatic rings. The number of nitrogens with zero attached hydrogens (tertiary/aromatic N) is 1. The first-order chi connectivity index (χ1) is 9.29. The first-order valence-corrected chi connectivity index (χ1v) is 7.03. The quantitative estimate of drug-likeness (QED) is 0.846. The number of hydrogen-bond acceptors (Lipinski definition) is 6. The number of aryl methyl sites for hydroxylation is 2. The molecule has 9 heteroatoms. The van der Waals surface area contributed by atoms with Crippen molar-refractivity contribution in [3.05, 3.63) is 35.1 Å². The average Bonchev–Trinajstić information content (AvgIpc) is 2.93. The van der Waals surface area contributed by atoms with Gasteiger partial charge in [0, 0.05) is 12.1 Å². The first kappa shape index (κ1) is 14.3. The van der Waals surface area contributed by atoms with Crippen molar-refractivity contribution in [2.24, 2.45) is 0 Å². The highest BCUT2D eigenvalue weighted by Crippen LogP contribution is 2.20. The fraction of sp³-hybridized carbons (Fsp3) is 0.273. The topological polar surface area (TPSA) is 123 Å². The molecular formula is C11H12N2O6S. The fourth-order valence-corrected chi connectivity index (χ4v) is 2.75. The maximum absolute atomic E-state index is 12.0. The Kier molecular flexibility index (Phi) is 3.64. The molecule has 0 aliphatic carbocycles. The van der Waals surface area contributed by atoms with E-state index in [0.717, 1.165) is 6.07 Å². The van der Waals surface area contributed by atoms with Crippen LogP contribution in [0.1, 0.15) is 27.8 Å². The summed E-state index contributed by atoms with van der Waals surface area (Å²) in [4.78, 5) is 10.5. The summed E-state index contributed by atoms with van der Waals surface area (Å²) in [7, 11) is -3.89. The lowest BCUT2D eigenvalue weighted by Gasteiger charge is -2.02. The Morgan fingerprint density at radius 2 is 2.10 bits per heavy atom. The van der Waals surface area contributed by atoms with Crippen molar-refractivity contribution in [2.45, 2.75) is 25.3 Å². The maximum Gasteiger partial charge on any atom is 0.371 e. The van der Waals surface area contributed by atoms with Gasteiger partial charge in [-0.3, -0.25) is 0 Å². The molecule has 0 saturated carbocycles. The lowest BCUT2D eigenvalue weighted by atomic mass is 10.4. The zero-order chi connectivity index (χ0) is 14.9. The van der Waals surface area contributed by atoms with E-state index in [1.54, 1.807) is 13.0 Å². The van der Waals surface area contributed by atoms with Crippen molar-refractivity contribution in [1.29, 1.82) is 0 Å². The Hall–Kier alpha value is -2.13. The number of carboxylic acids is 1. The van der Waals surface area contributed by atoms with E-state index in [9.17, 15) is 13.2 Å². The van der Waals surface area contributed by atoms with Gasteiger partial charge in [-0.1, -0.05) is 5.16 Å². The lowest BCUT2D eigenvalue weighted by molar-refractivity contribution is 0.0661. The molecule has 0 aliphatic heterocycles. The minimum Gasteiger partial charge on any atom is -0.475 e. The van der Waals surface area contributed by atoms with Gasteiger partial charge in [-0.2, -0.15) is 0 Å². The van der Waals surface area contributed by atoms with Gasteiger partial charge in [-0.15, -0.1) is 0 Å². The largest absolute Gasteiger partial charge is 0.475 e. The normalized spacial score (nSPS) is 11.7. The number of rotatable bonds is 5. The summed E-state index contributed by atoms with van der Waals surface area (Å²) in [6.07, 6.45) is 0. The van der Waals surface area contributed by atoms with Gasteiger partial charge in [0.2, 0.25) is 15.8 Å². The second-order valence-electron chi connectivity index (χ2n) is 4.10. The van der Waals surface area contributed by atoms with Crippen LogP contribution in [-0.2, 0) is 16.6 Å². The van der Waals surface area contributed by atoms with Gasteiger partial charge in [0.25, 0.3) is 0 Å². The molecule has 2 N–H and O–H groups in total. The standard InChI is InChI=1S/C11H12N2O6S/c1-6-3-8(19-13-6)5-12-20(16,17)10-4-9(11(14)15)18-7(10)2/h3-4,12H,5H2,1-2H3,(H,14,15). The molecule has 0 radical (unpaired) electrons. The predicted octanol–water partition coefficient (Wildman–Crippen LogP) is 1.06. The summed E-state index contributed by atoms with van der Waals surface area (Å²) in [5, 5.41) is 12.4. The van der Waals surface area contributed by atoms with Gasteiger partial charge in [-0.25, -0.2) is 17.9 Å². The van der Waals surface area contributed by atoms with Gasteiger partial charge in [0.1, 0.15) is 10.7 Å². The molecule has 8 nitrogen and oxygen atoms in total. The molecule has 2 rings (SSSR count). The number of furan rings is 1. The molecule has 2 aromatic heterocycles. The SMILES string of the molecule is Cc1cc(CNS(=O)(=O)c2cc(C(=O)O)oc2C)on1. The molecular weight excluding hydrogens is 288 g/mol. The molecule has 2 aromatic rings. The number of sulfonamides is 1. The van der Waals surface area contributed by atoms with Crippen LogP contribution in [0.4, 0.5) is 0 Å². The van der Waals surface area contributed by atoms with E-state index in [1.165, 1.54) is 6.92 Å². The zero-order valence-corrected chi connectivity index (χ0v) is 11.5. The Morgan fingerprint density at radius 1 is 1.40 bits per heavy atom. The van der Waals surface area contributed by atoms with Crippen LogP contribution in [0.5, 0.6) is 0 Å². The van der Waals surface area contributed by atoms with Crippen molar-refractivity contribution in [1.82, 2.24) is 9.88 Å². The third kappa shape index (κ3) is 2.89. The lowest BCUT2D eigenvalue weighted by Crippen LogP contribution is -2.23. The van der Waals surface area contributed by atoms with Gasteiger partial charge in [0.15, 0.2) is 5.76 Å². The first-order valence-electron chi connectivity index (χ1n) is 5.55. The van der Waals surface area contributed by atoms with Gasteiger partial charge in [-0.05, 0) is 13.8 Å². The Morgan fingerprint density at radius 3 is 2.60 bits per heavy atom. The van der Waals surface area contributed by atoms with Crippen molar-refractivity contribution >= 4 is 16.0 Å². The van der Waals surface area contributed by atoms with E-state index in [2.05, 4.69) is 9.88 Å². The number of carbonyl (C=O) groups is 1. The summed E-state index contributed by atoms with van der Waals surface area (Å²) in [5.41, 5.74) is 0.631. The van der Waals surface area contributed by atoms with Crippen LogP contribution < -0.4 is 4.72 Å². The van der Waals surface area contributed by atoms with E-state index in [-0.39, 0.29) is 17.2 Å². The van der Waals surface area contributed by atoms with Crippen LogP contribution in [0.2, 0.25) is 0 Å². The Labute approximate surface area is 114 Å². The molecule has 0 saturated heterocycles. The van der Waals surface area contributed by atoms with E-state index >= 15 is 0 Å². The highest BCUT2D eigenvalue weighted by atomic mass is 32.2. The van der Waals surface area contributed by atoms with E-state index < -0.39 is 21.8 Å². The molecule has 0 aromatic carbocycles. The monoisotopic (exact) mass is 300 g/mol. The number of hydrogen-bond donors (Lipinski definition) is 2. The van der Waals surface area contributed by atoms with Crippen molar-refractivity contribution < 1.29 is 27.3 Å². The molecule has 0 amide bonds. The molecule has 0 fully saturated rings. The summed E-state index contributed by atoms with van der Waals surface area (Å²) in [5.74, 6) is -1.41. The van der Waals surface area contributed by atoms with Crippen LogP contribution in [-0.4, -0.2) is 24.7 Å². The Bertz CT molecular complexity index is 743. The average molecular weight is 300 g/mol. The van der Waals surface area contributed by atoms with Gasteiger partial charge < -0.3 is 14.0 Å². The summed E-state index contributed by atoms with van der Waals surface area (Å²) >= 11 is 0. The van der Waals surface area contributed by atoms with Crippen molar-refractivity contribution in [3.63, 3.8) is 0 Å². The summed E-state index contributed by atoms with van der Waals surface area (Å²) in [6, 6.07) is 2.55. The number of aromatic carboxylic acids is 1. The molecule has 2 heterocycles. The molecule has 0 atom stereocenters. The smallest absolute Gasteiger partial charge is 0.371 e. The van der Waals surface area contributed by atoms with Gasteiger partial charge >= 0.3 is 5.97 Å². The zero-order valence-electron chi connectivity index (χ0n) is 10.7. The van der Waals surface area contributed by atoms with Crippen molar-refractivity contribution in [3.8, 4) is 0 Å². The van der Waals surface area contributed by atoms with Crippen molar-refractivity contribution in [2.75, 3.05) is 0 Å². The predicted molar refractivity (Wildman–Crippen MR) is 65.7 cm³/mol. The van der Waals surface area contributed by atoms with Crippen LogP contribution in [0.3, 0.4) is 0 Å². The van der Waals surface area contributed by atoms with Crippen LogP contribution in [0.25, 0.3) is 0 Å². The van der Waals surface area contributed by atoms with Gasteiger partial charge in [0.05, 0.1) is 12.2 Å². The Balaban J connectivity index is 2.20. The van der Waals surface area contributed by atoms with Crippen LogP contribution in [0, 0.1) is 13.8 Å². The minimum absolute atomic E-state index is 0.00338. The van der Waals surface area contributed by atoms with Crippen LogP contribution >= 0.6 is 0 Å². The third-order valence-corrected chi connectivity index (χ3v) is 3.99. The summed E-state index contributed by atoms with van der Waals surface area (Å²) < 4.78 is 36.1.